The SMILES string of the molecule is CC(C)c1ccccc1Nc1nccc(C(=O)N2CCCc3ccccc32)n1. The van der Waals surface area contributed by atoms with Gasteiger partial charge >= 0.3 is 0 Å². The molecular formula is C23H24N4O. The van der Waals surface area contributed by atoms with E-state index in [4.69, 9.17) is 0 Å². The Morgan fingerprint density at radius 1 is 1.07 bits per heavy atom. The number of aryl methyl sites for hydroxylation is 1. The number of carbonyl (C=O) groups excluding carboxylic acids is 1. The molecule has 0 unspecified atom stereocenters. The summed E-state index contributed by atoms with van der Waals surface area (Å²) in [7, 11) is 0. The molecule has 142 valence electrons. The van der Waals surface area contributed by atoms with Crippen molar-refractivity contribution in [2.24, 2.45) is 0 Å². The van der Waals surface area contributed by atoms with Gasteiger partial charge in [0.25, 0.3) is 5.91 Å². The van der Waals surface area contributed by atoms with E-state index in [1.165, 1.54) is 11.1 Å². The van der Waals surface area contributed by atoms with Crippen LogP contribution in [0.1, 0.15) is 47.8 Å². The zero-order valence-electron chi connectivity index (χ0n) is 16.2. The van der Waals surface area contributed by atoms with Gasteiger partial charge in [0, 0.05) is 24.1 Å². The zero-order chi connectivity index (χ0) is 19.5. The van der Waals surface area contributed by atoms with Crippen LogP contribution in [0.2, 0.25) is 0 Å². The molecule has 0 spiro atoms. The molecule has 4 rings (SSSR count). The number of hydrogen-bond acceptors (Lipinski definition) is 4. The predicted octanol–water partition coefficient (Wildman–Crippen LogP) is 4.94. The van der Waals surface area contributed by atoms with Crippen LogP contribution in [-0.4, -0.2) is 22.4 Å². The molecule has 0 aliphatic carbocycles. The number of rotatable bonds is 4. The maximum atomic E-state index is 13.2. The quantitative estimate of drug-likeness (QED) is 0.705. The summed E-state index contributed by atoms with van der Waals surface area (Å²) >= 11 is 0. The third-order valence-electron chi connectivity index (χ3n) is 5.06. The molecule has 5 heteroatoms. The van der Waals surface area contributed by atoms with E-state index in [9.17, 15) is 4.79 Å². The van der Waals surface area contributed by atoms with Crippen LogP contribution in [0.3, 0.4) is 0 Å². The van der Waals surface area contributed by atoms with E-state index in [1.807, 2.05) is 41.3 Å². The van der Waals surface area contributed by atoms with Gasteiger partial charge in [0.15, 0.2) is 0 Å². The summed E-state index contributed by atoms with van der Waals surface area (Å²) in [6, 6.07) is 17.9. The standard InChI is InChI=1S/C23H24N4O/c1-16(2)18-10-4-5-11-19(18)25-23-24-14-13-20(26-23)22(28)27-15-7-9-17-8-3-6-12-21(17)27/h3-6,8,10-14,16H,7,9,15H2,1-2H3,(H,24,25,26). The first-order valence-corrected chi connectivity index (χ1v) is 9.72. The normalized spacial score (nSPS) is 13.3. The molecule has 0 fully saturated rings. The van der Waals surface area contributed by atoms with Crippen molar-refractivity contribution in [1.29, 1.82) is 0 Å². The van der Waals surface area contributed by atoms with Crippen LogP contribution in [0.4, 0.5) is 17.3 Å². The molecular weight excluding hydrogens is 348 g/mol. The average molecular weight is 372 g/mol. The number of carbonyl (C=O) groups is 1. The first kappa shape index (κ1) is 18.2. The van der Waals surface area contributed by atoms with E-state index in [1.54, 1.807) is 12.3 Å². The molecule has 1 N–H and O–H groups in total. The zero-order valence-corrected chi connectivity index (χ0v) is 16.2. The molecule has 0 saturated carbocycles. The fourth-order valence-corrected chi connectivity index (χ4v) is 3.66. The van der Waals surface area contributed by atoms with Gasteiger partial charge in [-0.1, -0.05) is 50.2 Å². The molecule has 0 saturated heterocycles. The molecule has 28 heavy (non-hydrogen) atoms. The third kappa shape index (κ3) is 3.60. The van der Waals surface area contributed by atoms with Crippen LogP contribution in [0, 0.1) is 0 Å². The number of amides is 1. The van der Waals surface area contributed by atoms with E-state index >= 15 is 0 Å². The minimum atomic E-state index is -0.0882. The van der Waals surface area contributed by atoms with Crippen molar-refractivity contribution in [2.45, 2.75) is 32.6 Å². The largest absolute Gasteiger partial charge is 0.324 e. The van der Waals surface area contributed by atoms with Crippen LogP contribution in [0.15, 0.2) is 60.8 Å². The number of nitrogens with one attached hydrogen (secondary N) is 1. The topological polar surface area (TPSA) is 58.1 Å². The maximum Gasteiger partial charge on any atom is 0.277 e. The van der Waals surface area contributed by atoms with Gasteiger partial charge in [-0.15, -0.1) is 0 Å². The van der Waals surface area contributed by atoms with Gasteiger partial charge in [-0.3, -0.25) is 4.79 Å². The molecule has 2 heterocycles. The minimum absolute atomic E-state index is 0.0882. The van der Waals surface area contributed by atoms with E-state index in [2.05, 4.69) is 41.3 Å². The fraction of sp³-hybridized carbons (Fsp3) is 0.261. The van der Waals surface area contributed by atoms with Crippen molar-refractivity contribution in [3.8, 4) is 0 Å². The lowest BCUT2D eigenvalue weighted by atomic mass is 10.0. The van der Waals surface area contributed by atoms with Gasteiger partial charge in [-0.2, -0.15) is 0 Å². The van der Waals surface area contributed by atoms with Crippen LogP contribution >= 0.6 is 0 Å². The summed E-state index contributed by atoms with van der Waals surface area (Å²) in [5.41, 5.74) is 4.74. The molecule has 0 radical (unpaired) electrons. The van der Waals surface area contributed by atoms with E-state index in [-0.39, 0.29) is 5.91 Å². The predicted molar refractivity (Wildman–Crippen MR) is 112 cm³/mol. The van der Waals surface area contributed by atoms with Crippen molar-refractivity contribution in [3.05, 3.63) is 77.6 Å². The minimum Gasteiger partial charge on any atom is -0.324 e. The smallest absolute Gasteiger partial charge is 0.277 e. The lowest BCUT2D eigenvalue weighted by Crippen LogP contribution is -2.36. The number of para-hydroxylation sites is 2. The molecule has 1 aliphatic rings. The van der Waals surface area contributed by atoms with Gasteiger partial charge in [-0.05, 0) is 48.1 Å². The van der Waals surface area contributed by atoms with Crippen LogP contribution in [0.25, 0.3) is 0 Å². The summed E-state index contributed by atoms with van der Waals surface area (Å²) in [6.07, 6.45) is 3.60. The molecule has 2 aromatic carbocycles. The highest BCUT2D eigenvalue weighted by Gasteiger charge is 2.24. The first-order valence-electron chi connectivity index (χ1n) is 9.72. The van der Waals surface area contributed by atoms with Crippen LogP contribution in [-0.2, 0) is 6.42 Å². The summed E-state index contributed by atoms with van der Waals surface area (Å²) in [6.45, 7) is 5.00. The highest BCUT2D eigenvalue weighted by atomic mass is 16.2. The molecule has 3 aromatic rings. The van der Waals surface area contributed by atoms with Gasteiger partial charge in [0.05, 0.1) is 0 Å². The van der Waals surface area contributed by atoms with E-state index in [0.29, 0.717) is 24.1 Å². The number of aromatic nitrogens is 2. The molecule has 0 bridgehead atoms. The number of benzene rings is 2. The van der Waals surface area contributed by atoms with Crippen LogP contribution < -0.4 is 10.2 Å². The summed E-state index contributed by atoms with van der Waals surface area (Å²) in [5, 5.41) is 3.28. The van der Waals surface area contributed by atoms with E-state index in [0.717, 1.165) is 24.2 Å². The van der Waals surface area contributed by atoms with Gasteiger partial charge in [-0.25, -0.2) is 9.97 Å². The Bertz CT molecular complexity index is 999. The van der Waals surface area contributed by atoms with Crippen molar-refractivity contribution < 1.29 is 4.79 Å². The number of hydrogen-bond donors (Lipinski definition) is 1. The van der Waals surface area contributed by atoms with E-state index < -0.39 is 0 Å². The number of anilines is 3. The molecule has 5 nitrogen and oxygen atoms in total. The fourth-order valence-electron chi connectivity index (χ4n) is 3.66. The highest BCUT2D eigenvalue weighted by molar-refractivity contribution is 6.05. The van der Waals surface area contributed by atoms with Crippen molar-refractivity contribution in [3.63, 3.8) is 0 Å². The second-order valence-electron chi connectivity index (χ2n) is 7.32. The lowest BCUT2D eigenvalue weighted by Gasteiger charge is -2.29. The Labute approximate surface area is 165 Å². The molecule has 1 aliphatic heterocycles. The van der Waals surface area contributed by atoms with Crippen molar-refractivity contribution in [2.75, 3.05) is 16.8 Å². The van der Waals surface area contributed by atoms with Crippen LogP contribution in [0.5, 0.6) is 0 Å². The van der Waals surface area contributed by atoms with Crippen molar-refractivity contribution >= 4 is 23.2 Å². The second kappa shape index (κ2) is 7.80. The lowest BCUT2D eigenvalue weighted by molar-refractivity contribution is 0.0980. The molecule has 0 atom stereocenters. The van der Waals surface area contributed by atoms with Gasteiger partial charge < -0.3 is 10.2 Å². The summed E-state index contributed by atoms with van der Waals surface area (Å²) in [5.74, 6) is 0.720. The Kier molecular flexibility index (Phi) is 5.06. The van der Waals surface area contributed by atoms with Gasteiger partial charge in [0.2, 0.25) is 5.95 Å². The van der Waals surface area contributed by atoms with Crippen molar-refractivity contribution in [1.82, 2.24) is 9.97 Å². The summed E-state index contributed by atoms with van der Waals surface area (Å²) in [4.78, 5) is 23.8. The Balaban J connectivity index is 1.61. The third-order valence-corrected chi connectivity index (χ3v) is 5.06. The summed E-state index contributed by atoms with van der Waals surface area (Å²) < 4.78 is 0. The monoisotopic (exact) mass is 372 g/mol. The highest BCUT2D eigenvalue weighted by Crippen LogP contribution is 2.28. The molecule has 1 aromatic heterocycles. The first-order chi connectivity index (χ1) is 13.6. The second-order valence-corrected chi connectivity index (χ2v) is 7.32. The van der Waals surface area contributed by atoms with Gasteiger partial charge in [0.1, 0.15) is 5.69 Å². The Hall–Kier alpha value is -3.21. The average Bonchev–Trinajstić information content (AvgIpc) is 2.73. The molecule has 1 amide bonds. The number of fused-ring (bicyclic) bond motifs is 1. The number of nitrogens with zero attached hydrogens (tertiary/aromatic N) is 3. The maximum absolute atomic E-state index is 13.2. The Morgan fingerprint density at radius 2 is 1.86 bits per heavy atom. The Morgan fingerprint density at radius 3 is 2.71 bits per heavy atom.